The van der Waals surface area contributed by atoms with E-state index in [2.05, 4.69) is 5.32 Å². The van der Waals surface area contributed by atoms with Gasteiger partial charge >= 0.3 is 0 Å². The molecule has 116 valence electrons. The number of carbonyl (C=O) groups excluding carboxylic acids is 1. The fourth-order valence-electron chi connectivity index (χ4n) is 3.10. The lowest BCUT2D eigenvalue weighted by Crippen LogP contribution is -2.44. The summed E-state index contributed by atoms with van der Waals surface area (Å²) in [5.74, 6) is 0.504. The van der Waals surface area contributed by atoms with E-state index < -0.39 is 9.84 Å². The minimum Gasteiger partial charge on any atom is -0.395 e. The number of rotatable bonds is 5. The van der Waals surface area contributed by atoms with Crippen LogP contribution in [0.3, 0.4) is 0 Å². The first-order valence-corrected chi connectivity index (χ1v) is 9.15. The van der Waals surface area contributed by atoms with Gasteiger partial charge in [-0.1, -0.05) is 0 Å². The Bertz CT molecular complexity index is 432. The molecule has 0 bridgehead atoms. The summed E-state index contributed by atoms with van der Waals surface area (Å²) in [6.45, 7) is 1.97. The summed E-state index contributed by atoms with van der Waals surface area (Å²) in [5.41, 5.74) is 0. The van der Waals surface area contributed by atoms with Gasteiger partial charge in [0.25, 0.3) is 0 Å². The number of aliphatic hydroxyl groups is 1. The highest BCUT2D eigenvalue weighted by molar-refractivity contribution is 7.91. The zero-order valence-corrected chi connectivity index (χ0v) is 12.6. The van der Waals surface area contributed by atoms with E-state index in [1.807, 2.05) is 0 Å². The molecular weight excluding hydrogens is 280 g/mol. The van der Waals surface area contributed by atoms with E-state index in [4.69, 9.17) is 5.11 Å². The predicted octanol–water partition coefficient (Wildman–Crippen LogP) is -0.616. The molecule has 2 heterocycles. The van der Waals surface area contributed by atoms with Crippen molar-refractivity contribution in [2.75, 3.05) is 37.7 Å². The highest BCUT2D eigenvalue weighted by Crippen LogP contribution is 2.21. The molecule has 0 saturated carbocycles. The van der Waals surface area contributed by atoms with Crippen molar-refractivity contribution in [1.82, 2.24) is 10.2 Å². The van der Waals surface area contributed by atoms with E-state index in [1.54, 1.807) is 4.90 Å². The van der Waals surface area contributed by atoms with Gasteiger partial charge in [0, 0.05) is 19.0 Å². The molecule has 2 aliphatic heterocycles. The molecular formula is C13H24N2O4S. The number of piperidine rings is 1. The largest absolute Gasteiger partial charge is 0.395 e. The second-order valence-electron chi connectivity index (χ2n) is 5.78. The Morgan fingerprint density at radius 2 is 2.15 bits per heavy atom. The van der Waals surface area contributed by atoms with Crippen molar-refractivity contribution in [3.63, 3.8) is 0 Å². The van der Waals surface area contributed by atoms with Gasteiger partial charge in [-0.2, -0.15) is 0 Å². The fourth-order valence-corrected chi connectivity index (χ4v) is 4.83. The molecule has 0 aromatic heterocycles. The predicted molar refractivity (Wildman–Crippen MR) is 76.1 cm³/mol. The molecule has 2 unspecified atom stereocenters. The van der Waals surface area contributed by atoms with Gasteiger partial charge in [0.15, 0.2) is 9.84 Å². The molecule has 2 saturated heterocycles. The Morgan fingerprint density at radius 3 is 2.70 bits per heavy atom. The first kappa shape index (κ1) is 15.7. The minimum absolute atomic E-state index is 0.0187. The van der Waals surface area contributed by atoms with Gasteiger partial charge in [-0.25, -0.2) is 8.42 Å². The van der Waals surface area contributed by atoms with Crippen LogP contribution in [0.5, 0.6) is 0 Å². The number of hydrogen-bond donors (Lipinski definition) is 2. The molecule has 1 amide bonds. The van der Waals surface area contributed by atoms with Gasteiger partial charge in [0.05, 0.1) is 18.1 Å². The summed E-state index contributed by atoms with van der Waals surface area (Å²) in [6.07, 6.45) is 3.06. The first-order chi connectivity index (χ1) is 9.52. The number of sulfone groups is 1. The Balaban J connectivity index is 1.95. The van der Waals surface area contributed by atoms with Crippen molar-refractivity contribution in [1.29, 1.82) is 0 Å². The van der Waals surface area contributed by atoms with Crippen molar-refractivity contribution in [3.05, 3.63) is 0 Å². The lowest BCUT2D eigenvalue weighted by molar-refractivity contribution is -0.134. The van der Waals surface area contributed by atoms with E-state index in [1.165, 1.54) is 0 Å². The quantitative estimate of drug-likeness (QED) is 0.707. The maximum Gasteiger partial charge on any atom is 0.223 e. The molecule has 0 radical (unpaired) electrons. The SMILES string of the molecule is O=C(CC1CCCNC1)N(CCO)C1CCS(=O)(=O)C1. The number of aliphatic hydroxyl groups excluding tert-OH is 1. The highest BCUT2D eigenvalue weighted by atomic mass is 32.2. The van der Waals surface area contributed by atoms with Crippen LogP contribution in [-0.2, 0) is 14.6 Å². The highest BCUT2D eigenvalue weighted by Gasteiger charge is 2.34. The third kappa shape index (κ3) is 4.17. The smallest absolute Gasteiger partial charge is 0.223 e. The number of amides is 1. The van der Waals surface area contributed by atoms with Crippen molar-refractivity contribution in [2.24, 2.45) is 5.92 Å². The van der Waals surface area contributed by atoms with Crippen LogP contribution in [0, 0.1) is 5.92 Å². The molecule has 7 heteroatoms. The zero-order valence-electron chi connectivity index (χ0n) is 11.8. The van der Waals surface area contributed by atoms with Crippen molar-refractivity contribution in [3.8, 4) is 0 Å². The van der Waals surface area contributed by atoms with Crippen molar-refractivity contribution < 1.29 is 18.3 Å². The summed E-state index contributed by atoms with van der Waals surface area (Å²) in [7, 11) is -3.01. The summed E-state index contributed by atoms with van der Waals surface area (Å²) in [5, 5.41) is 12.4. The summed E-state index contributed by atoms with van der Waals surface area (Å²) in [6, 6.07) is -0.254. The molecule has 0 aromatic carbocycles. The van der Waals surface area contributed by atoms with Crippen LogP contribution in [0.4, 0.5) is 0 Å². The molecule has 0 aromatic rings. The standard InChI is InChI=1S/C13H24N2O4S/c16-6-5-15(12-3-7-20(18,19)10-12)13(17)8-11-2-1-4-14-9-11/h11-12,14,16H,1-10H2. The van der Waals surface area contributed by atoms with E-state index in [0.29, 0.717) is 18.8 Å². The summed E-state index contributed by atoms with van der Waals surface area (Å²) >= 11 is 0. The van der Waals surface area contributed by atoms with Gasteiger partial charge in [-0.05, 0) is 38.3 Å². The maximum absolute atomic E-state index is 12.4. The van der Waals surface area contributed by atoms with E-state index in [-0.39, 0.29) is 36.6 Å². The summed E-state index contributed by atoms with van der Waals surface area (Å²) < 4.78 is 23.1. The third-order valence-electron chi connectivity index (χ3n) is 4.17. The third-order valence-corrected chi connectivity index (χ3v) is 5.92. The fraction of sp³-hybridized carbons (Fsp3) is 0.923. The normalized spacial score (nSPS) is 29.2. The number of hydrogen-bond acceptors (Lipinski definition) is 5. The Labute approximate surface area is 120 Å². The Kier molecular flexibility index (Phi) is 5.40. The Hall–Kier alpha value is -0.660. The zero-order chi connectivity index (χ0) is 14.6. The number of nitrogens with zero attached hydrogens (tertiary/aromatic N) is 1. The van der Waals surface area contributed by atoms with Crippen LogP contribution in [0.1, 0.15) is 25.7 Å². The van der Waals surface area contributed by atoms with Crippen LogP contribution in [-0.4, -0.2) is 68.1 Å². The first-order valence-electron chi connectivity index (χ1n) is 7.33. The Morgan fingerprint density at radius 1 is 1.35 bits per heavy atom. The van der Waals surface area contributed by atoms with Crippen molar-refractivity contribution >= 4 is 15.7 Å². The lowest BCUT2D eigenvalue weighted by Gasteiger charge is -2.30. The minimum atomic E-state index is -3.01. The van der Waals surface area contributed by atoms with Crippen molar-refractivity contribution in [2.45, 2.75) is 31.7 Å². The molecule has 2 aliphatic rings. The lowest BCUT2D eigenvalue weighted by atomic mass is 9.95. The monoisotopic (exact) mass is 304 g/mol. The molecule has 0 spiro atoms. The number of carbonyl (C=O) groups is 1. The van der Waals surface area contributed by atoms with Crippen LogP contribution >= 0.6 is 0 Å². The average molecular weight is 304 g/mol. The van der Waals surface area contributed by atoms with E-state index >= 15 is 0 Å². The second kappa shape index (κ2) is 6.87. The van der Waals surface area contributed by atoms with Crippen LogP contribution < -0.4 is 5.32 Å². The van der Waals surface area contributed by atoms with Crippen LogP contribution in [0.15, 0.2) is 0 Å². The molecule has 2 atom stereocenters. The van der Waals surface area contributed by atoms with Gasteiger partial charge in [-0.3, -0.25) is 4.79 Å². The average Bonchev–Trinajstić information content (AvgIpc) is 2.77. The van der Waals surface area contributed by atoms with Gasteiger partial charge in [0.1, 0.15) is 0 Å². The van der Waals surface area contributed by atoms with Gasteiger partial charge < -0.3 is 15.3 Å². The summed E-state index contributed by atoms with van der Waals surface area (Å²) in [4.78, 5) is 14.0. The van der Waals surface area contributed by atoms with Gasteiger partial charge in [-0.15, -0.1) is 0 Å². The van der Waals surface area contributed by atoms with E-state index in [9.17, 15) is 13.2 Å². The second-order valence-corrected chi connectivity index (χ2v) is 8.01. The molecule has 0 aliphatic carbocycles. The van der Waals surface area contributed by atoms with Gasteiger partial charge in [0.2, 0.25) is 5.91 Å². The molecule has 2 N–H and O–H groups in total. The van der Waals surface area contributed by atoms with Crippen LogP contribution in [0.2, 0.25) is 0 Å². The van der Waals surface area contributed by atoms with E-state index in [0.717, 1.165) is 25.9 Å². The maximum atomic E-state index is 12.4. The molecule has 2 fully saturated rings. The topological polar surface area (TPSA) is 86.7 Å². The molecule has 2 rings (SSSR count). The van der Waals surface area contributed by atoms with Crippen LogP contribution in [0.25, 0.3) is 0 Å². The molecule has 20 heavy (non-hydrogen) atoms. The number of nitrogens with one attached hydrogen (secondary N) is 1. The molecule has 6 nitrogen and oxygen atoms in total.